The Hall–Kier alpha value is 6.95. The molecule has 0 aromatic carbocycles. The zero-order valence-electron chi connectivity index (χ0n) is 81.7. The van der Waals surface area contributed by atoms with Gasteiger partial charge in [-0.05, 0) is 354 Å². The van der Waals surface area contributed by atoms with E-state index < -0.39 is 0 Å². The average molecular weight is 2960 g/mol. The van der Waals surface area contributed by atoms with Crippen LogP contribution in [-0.2, 0) is 245 Å². The number of nitrogens with zero attached hydrogens (tertiary/aromatic N) is 2. The van der Waals surface area contributed by atoms with Gasteiger partial charge >= 0.3 is 42.1 Å². The van der Waals surface area contributed by atoms with Crippen LogP contribution in [0.15, 0.2) is 49.1 Å². The number of hydrogen-bond acceptors (Lipinski definition) is 2. The minimum atomic E-state index is -0.0465. The molecule has 0 bridgehead atoms. The molecule has 12 saturated carbocycles. The van der Waals surface area contributed by atoms with Gasteiger partial charge in [0.1, 0.15) is 0 Å². The van der Waals surface area contributed by atoms with Crippen molar-refractivity contribution in [2.75, 3.05) is 0 Å². The number of unbranched alkanes of at least 4 members (excludes halogenated alkanes) is 8. The van der Waals surface area contributed by atoms with Gasteiger partial charge in [0, 0.05) is 141 Å². The molecule has 2 aromatic rings. The molecule has 2 aromatic heterocycles. The maximum Gasteiger partial charge on any atom is 2.00 e. The van der Waals surface area contributed by atoms with Crippen molar-refractivity contribution in [1.29, 1.82) is 0 Å². The van der Waals surface area contributed by atoms with Gasteiger partial charge in [0.2, 0.25) is 0 Å². The van der Waals surface area contributed by atoms with E-state index in [1.54, 1.807) is 385 Å². The van der Waals surface area contributed by atoms with Crippen LogP contribution >= 0.6 is 31.7 Å². The molecule has 0 N–H and O–H groups in total. The second-order valence-electron chi connectivity index (χ2n) is 41.1. The van der Waals surface area contributed by atoms with Gasteiger partial charge in [-0.1, -0.05) is 210 Å². The Labute approximate surface area is 922 Å². The van der Waals surface area contributed by atoms with Gasteiger partial charge < -0.3 is 108 Å². The maximum absolute atomic E-state index is 3.96. The Morgan fingerprint density at radius 2 is 0.306 bits per heavy atom. The van der Waals surface area contributed by atoms with Crippen molar-refractivity contribution in [3.05, 3.63) is 60.2 Å². The summed E-state index contributed by atoms with van der Waals surface area (Å²) in [5.74, 6) is 0. The van der Waals surface area contributed by atoms with E-state index in [0.717, 1.165) is 0 Å². The second-order valence-corrected chi connectivity index (χ2v) is 54.9. The molecule has 12 fully saturated rings. The molecule has 12 aliphatic rings. The molecule has 2 heterocycles. The molecule has 12 aliphatic carbocycles. The largest absolute Gasteiger partial charge is 2.00 e. The first-order valence-corrected chi connectivity index (χ1v) is 58.0. The van der Waals surface area contributed by atoms with Gasteiger partial charge in [0.25, 0.3) is 0 Å². The van der Waals surface area contributed by atoms with Crippen molar-refractivity contribution in [1.82, 2.24) is 9.97 Å². The van der Waals surface area contributed by atoms with E-state index in [4.69, 9.17) is 0 Å². The van der Waals surface area contributed by atoms with Crippen LogP contribution < -0.4 is 0 Å². The predicted molar refractivity (Wildman–Crippen MR) is 569 cm³/mol. The fourth-order valence-corrected chi connectivity index (χ4v) is 45.2. The predicted octanol–water partition coefficient (Wildman–Crippen LogP) is 35.5. The first-order chi connectivity index (χ1) is 53.8. The SMILES string of the molecule is C1CCC([PH+](C2CCCCC2)C2CCCCC2)CC1.C1CCC([PH+](C2CCCCC2)C2CCCCC2)CC1.C1CCC([PH+](C2CCCCC2)C2CCCCC2)CC1.C1CCC([PH+](C2CCCCC2)C2CCCCC2)CC1.CC(C)(C)c1ccncc1.CC(C)(C)c1ccncc1.CCCCCCC.CCCCCCC.[S-2].[S-2].[S-2].[S-2].[S-2].[S-2].[S-2].[S-2].[W+2].[W+2].[W].[W].[W].[W]. The average Bonchev–Trinajstić information content (AvgIpc) is 0.833. The number of hydrogen-bond donors (Lipinski definition) is 0. The molecule has 0 saturated heterocycles. The Balaban J connectivity index is -0.000000208. The van der Waals surface area contributed by atoms with Crippen molar-refractivity contribution >= 4 is 140 Å². The van der Waals surface area contributed by atoms with Gasteiger partial charge in [-0.2, -0.15) is 0 Å². The summed E-state index contributed by atoms with van der Waals surface area (Å²) in [6.07, 6.45) is 117. The molecule has 0 atom stereocenters. The smallest absolute Gasteiger partial charge is 2.00 e. The molecule has 0 aliphatic heterocycles. The molecule has 20 heteroatoms. The number of aromatic nitrogens is 2. The fourth-order valence-electron chi connectivity index (χ4n) is 24.3. The van der Waals surface area contributed by atoms with Gasteiger partial charge in [-0.3, -0.25) is 9.97 Å². The Morgan fingerprint density at radius 3 is 0.387 bits per heavy atom. The first-order valence-electron chi connectivity index (χ1n) is 51.1. The molecule has 0 spiro atoms. The summed E-state index contributed by atoms with van der Waals surface area (Å²) in [5, 5.41) is 0. The normalized spacial score (nSPS) is 20.6. The Morgan fingerprint density at radius 1 is 0.202 bits per heavy atom. The van der Waals surface area contributed by atoms with Crippen LogP contribution in [-0.4, -0.2) is 77.9 Å². The summed E-state index contributed by atoms with van der Waals surface area (Å²) < 4.78 is 0. The van der Waals surface area contributed by atoms with Crippen molar-refractivity contribution in [3.8, 4) is 0 Å². The van der Waals surface area contributed by atoms with Crippen LogP contribution in [0.25, 0.3) is 0 Å². The van der Waals surface area contributed by atoms with Gasteiger partial charge in [0.05, 0.1) is 67.9 Å². The van der Waals surface area contributed by atoms with Crippen molar-refractivity contribution in [2.45, 2.75) is 597 Å². The van der Waals surface area contributed by atoms with Crippen LogP contribution in [0, 0.1) is 0 Å². The van der Waals surface area contributed by atoms with Crippen molar-refractivity contribution < 1.29 is 126 Å². The van der Waals surface area contributed by atoms with Crippen molar-refractivity contribution in [2.24, 2.45) is 0 Å². The van der Waals surface area contributed by atoms with E-state index >= 15 is 0 Å². The summed E-state index contributed by atoms with van der Waals surface area (Å²) in [5.41, 5.74) is 17.9. The minimum absolute atomic E-state index is 0. The molecule has 732 valence electrons. The summed E-state index contributed by atoms with van der Waals surface area (Å²) in [6, 6.07) is 8.22. The molecule has 14 rings (SSSR count). The summed E-state index contributed by atoms with van der Waals surface area (Å²) in [4.78, 5) is 7.92. The summed E-state index contributed by atoms with van der Waals surface area (Å²) in [6.45, 7) is 22.2. The van der Waals surface area contributed by atoms with Gasteiger partial charge in [-0.15, -0.1) is 0 Å². The standard InChI is InChI=1S/4C18H33P.2C9H13N.2C7H16.8S.6W/c4*1-4-10-16(11-5-1)19(17-12-6-2-7-13-17)18-14-8-3-9-15-18;2*1-9(2,3)8-4-6-10-7-5-8;2*1-3-5-7-6-4-2;;;;;;;;;;;;;;/h4*16-18H,1-15H2;2*4-7H,1-3H3;2*3-7H2,1-2H3;;;;;;;;;;;;;;/q;;;;;;;;8*-2;;;;;2*+2/p+4. The summed E-state index contributed by atoms with van der Waals surface area (Å²) >= 11 is 0. The quantitative estimate of drug-likeness (QED) is 0.0975. The Kier molecular flexibility index (Phi) is 109. The monoisotopic (exact) mass is 2950 g/mol. The van der Waals surface area contributed by atoms with Crippen LogP contribution in [0.1, 0.15) is 530 Å². The number of rotatable bonds is 20. The zero-order valence-corrected chi connectivity index (χ0v) is 110. The first kappa shape index (κ1) is 146. The topological polar surface area (TPSA) is 25.8 Å². The molecular formula is C104H194N2P4S8W6-8. The van der Waals surface area contributed by atoms with E-state index in [1.165, 1.54) is 143 Å². The van der Waals surface area contributed by atoms with E-state index in [2.05, 4.69) is 103 Å². The third-order valence-corrected chi connectivity index (χ3v) is 48.7. The summed E-state index contributed by atoms with van der Waals surface area (Å²) in [7, 11) is -0.186. The third kappa shape index (κ3) is 60.4. The molecule has 0 radical (unpaired) electrons. The van der Waals surface area contributed by atoms with Gasteiger partial charge in [0.15, 0.2) is 0 Å². The molecule has 124 heavy (non-hydrogen) atoms. The molecular weight excluding hydrogens is 2760 g/mol. The van der Waals surface area contributed by atoms with Crippen LogP contribution in [0.5, 0.6) is 0 Å². The molecule has 2 nitrogen and oxygen atoms in total. The fraction of sp³-hybridized carbons (Fsp3) is 0.904. The second kappa shape index (κ2) is 92.4. The van der Waals surface area contributed by atoms with E-state index in [-0.39, 0.29) is 277 Å². The van der Waals surface area contributed by atoms with Crippen LogP contribution in [0.2, 0.25) is 0 Å². The maximum atomic E-state index is 3.96. The van der Waals surface area contributed by atoms with E-state index in [0.29, 0.717) is 0 Å². The van der Waals surface area contributed by atoms with Crippen LogP contribution in [0.4, 0.5) is 0 Å². The van der Waals surface area contributed by atoms with Crippen LogP contribution in [0.3, 0.4) is 0 Å². The zero-order chi connectivity index (χ0) is 78.0. The molecule has 0 amide bonds. The number of pyridine rings is 2. The Bertz CT molecular complexity index is 1990. The van der Waals surface area contributed by atoms with Crippen molar-refractivity contribution in [3.63, 3.8) is 0 Å². The van der Waals surface area contributed by atoms with E-state index in [1.807, 2.05) is 24.8 Å². The van der Waals surface area contributed by atoms with Gasteiger partial charge in [-0.25, -0.2) is 0 Å². The third-order valence-electron chi connectivity index (χ3n) is 30.4. The minimum Gasteiger partial charge on any atom is -2.00 e. The molecule has 0 unspecified atom stereocenters. The van der Waals surface area contributed by atoms with E-state index in [9.17, 15) is 0 Å².